The molecule has 23 heavy (non-hydrogen) atoms. The van der Waals surface area contributed by atoms with E-state index in [9.17, 15) is 9.59 Å². The van der Waals surface area contributed by atoms with E-state index in [0.717, 1.165) is 30.1 Å². The van der Waals surface area contributed by atoms with Gasteiger partial charge in [-0.2, -0.15) is 0 Å². The van der Waals surface area contributed by atoms with Crippen LogP contribution in [0, 0.1) is 6.92 Å². The van der Waals surface area contributed by atoms with Gasteiger partial charge in [-0.05, 0) is 40.0 Å². The summed E-state index contributed by atoms with van der Waals surface area (Å²) < 4.78 is 0. The van der Waals surface area contributed by atoms with E-state index >= 15 is 0 Å². The normalized spacial score (nSPS) is 19.3. The highest BCUT2D eigenvalue weighted by Crippen LogP contribution is 2.17. The van der Waals surface area contributed by atoms with Gasteiger partial charge in [0.1, 0.15) is 6.04 Å². The zero-order valence-electron chi connectivity index (χ0n) is 14.1. The SMILES string of the molecule is Cc1nc(CCNC(=O)N[C@H](C)C(=O)N2CCCC[C@@H]2C)cs1. The molecule has 0 spiro atoms. The van der Waals surface area contributed by atoms with Crippen molar-refractivity contribution in [2.75, 3.05) is 13.1 Å². The largest absolute Gasteiger partial charge is 0.338 e. The van der Waals surface area contributed by atoms with Crippen molar-refractivity contribution in [2.45, 2.75) is 58.5 Å². The summed E-state index contributed by atoms with van der Waals surface area (Å²) in [5.74, 6) is 0.00229. The van der Waals surface area contributed by atoms with E-state index in [2.05, 4.69) is 22.5 Å². The minimum atomic E-state index is -0.503. The first-order valence-electron chi connectivity index (χ1n) is 8.23. The number of piperidine rings is 1. The van der Waals surface area contributed by atoms with Crippen LogP contribution in [-0.4, -0.2) is 47.0 Å². The van der Waals surface area contributed by atoms with Crippen molar-refractivity contribution in [1.29, 1.82) is 0 Å². The Morgan fingerprint density at radius 3 is 2.91 bits per heavy atom. The van der Waals surface area contributed by atoms with Crippen molar-refractivity contribution in [3.8, 4) is 0 Å². The van der Waals surface area contributed by atoms with Gasteiger partial charge >= 0.3 is 6.03 Å². The predicted molar refractivity (Wildman–Crippen MR) is 91.6 cm³/mol. The van der Waals surface area contributed by atoms with Crippen LogP contribution in [0.1, 0.15) is 43.8 Å². The minimum absolute atomic E-state index is 0.00229. The van der Waals surface area contributed by atoms with Crippen LogP contribution in [-0.2, 0) is 11.2 Å². The fourth-order valence-electron chi connectivity index (χ4n) is 2.81. The molecule has 0 aliphatic carbocycles. The number of carbonyl (C=O) groups excluding carboxylic acids is 2. The molecule has 2 atom stereocenters. The molecule has 2 rings (SSSR count). The zero-order valence-corrected chi connectivity index (χ0v) is 14.9. The van der Waals surface area contributed by atoms with Gasteiger partial charge in [-0.15, -0.1) is 11.3 Å². The lowest BCUT2D eigenvalue weighted by Crippen LogP contribution is -2.53. The Labute approximate surface area is 141 Å². The second kappa shape index (κ2) is 8.29. The molecule has 2 N–H and O–H groups in total. The Morgan fingerprint density at radius 1 is 1.48 bits per heavy atom. The number of rotatable bonds is 5. The molecule has 1 aliphatic rings. The average molecular weight is 338 g/mol. The van der Waals surface area contributed by atoms with Gasteiger partial charge < -0.3 is 15.5 Å². The number of nitrogens with zero attached hydrogens (tertiary/aromatic N) is 2. The van der Waals surface area contributed by atoms with Crippen LogP contribution in [0.2, 0.25) is 0 Å². The smallest absolute Gasteiger partial charge is 0.315 e. The van der Waals surface area contributed by atoms with Gasteiger partial charge in [0.2, 0.25) is 5.91 Å². The molecule has 1 aromatic heterocycles. The van der Waals surface area contributed by atoms with Crippen LogP contribution in [0.15, 0.2) is 5.38 Å². The quantitative estimate of drug-likeness (QED) is 0.863. The minimum Gasteiger partial charge on any atom is -0.338 e. The van der Waals surface area contributed by atoms with E-state index in [4.69, 9.17) is 0 Å². The molecule has 0 saturated carbocycles. The third kappa shape index (κ3) is 5.20. The summed E-state index contributed by atoms with van der Waals surface area (Å²) in [5, 5.41) is 8.54. The standard InChI is InChI=1S/C16H26N4O2S/c1-11-6-4-5-9-20(11)15(21)12(2)18-16(22)17-8-7-14-10-23-13(3)19-14/h10-12H,4-9H2,1-3H3,(H2,17,18,22)/t11-,12+/m0/s1. The zero-order chi connectivity index (χ0) is 16.8. The number of thiazole rings is 1. The van der Waals surface area contributed by atoms with Crippen LogP contribution < -0.4 is 10.6 Å². The molecule has 128 valence electrons. The first-order chi connectivity index (χ1) is 11.0. The van der Waals surface area contributed by atoms with E-state index in [1.165, 1.54) is 6.42 Å². The number of carbonyl (C=O) groups is 2. The van der Waals surface area contributed by atoms with Gasteiger partial charge in [0.25, 0.3) is 0 Å². The molecule has 1 aliphatic heterocycles. The van der Waals surface area contributed by atoms with Crippen LogP contribution in [0.4, 0.5) is 4.79 Å². The van der Waals surface area contributed by atoms with Crippen LogP contribution in [0.25, 0.3) is 0 Å². The third-order valence-corrected chi connectivity index (χ3v) is 4.96. The monoisotopic (exact) mass is 338 g/mol. The summed E-state index contributed by atoms with van der Waals surface area (Å²) in [6.07, 6.45) is 3.95. The number of aromatic nitrogens is 1. The molecule has 2 heterocycles. The number of aryl methyl sites for hydroxylation is 1. The molecule has 0 unspecified atom stereocenters. The van der Waals surface area contributed by atoms with Crippen LogP contribution in [0.3, 0.4) is 0 Å². The van der Waals surface area contributed by atoms with Crippen molar-refractivity contribution in [2.24, 2.45) is 0 Å². The average Bonchev–Trinajstić information content (AvgIpc) is 2.92. The second-order valence-corrected chi connectivity index (χ2v) is 7.17. The Kier molecular flexibility index (Phi) is 6.38. The highest BCUT2D eigenvalue weighted by molar-refractivity contribution is 7.09. The number of urea groups is 1. The predicted octanol–water partition coefficient (Wildman–Crippen LogP) is 2.08. The molecule has 1 aromatic rings. The Morgan fingerprint density at radius 2 is 2.26 bits per heavy atom. The van der Waals surface area contributed by atoms with E-state index in [1.54, 1.807) is 18.3 Å². The summed E-state index contributed by atoms with van der Waals surface area (Å²) in [6, 6.07) is -0.545. The fourth-order valence-corrected chi connectivity index (χ4v) is 3.46. The summed E-state index contributed by atoms with van der Waals surface area (Å²) in [7, 11) is 0. The van der Waals surface area contributed by atoms with E-state index in [0.29, 0.717) is 13.0 Å². The van der Waals surface area contributed by atoms with Gasteiger partial charge in [-0.25, -0.2) is 9.78 Å². The Bertz CT molecular complexity index is 546. The topological polar surface area (TPSA) is 74.3 Å². The van der Waals surface area contributed by atoms with Gasteiger partial charge in [0.05, 0.1) is 10.7 Å². The maximum absolute atomic E-state index is 12.4. The Hall–Kier alpha value is -1.63. The van der Waals surface area contributed by atoms with E-state index < -0.39 is 6.04 Å². The first kappa shape index (κ1) is 17.7. The van der Waals surface area contributed by atoms with Crippen LogP contribution >= 0.6 is 11.3 Å². The van der Waals surface area contributed by atoms with Crippen molar-refractivity contribution in [3.63, 3.8) is 0 Å². The summed E-state index contributed by atoms with van der Waals surface area (Å²) in [5.41, 5.74) is 0.985. The maximum Gasteiger partial charge on any atom is 0.315 e. The molecule has 0 aromatic carbocycles. The molecule has 1 fully saturated rings. The van der Waals surface area contributed by atoms with Crippen LogP contribution in [0.5, 0.6) is 0 Å². The number of hydrogen-bond donors (Lipinski definition) is 2. The van der Waals surface area contributed by atoms with Gasteiger partial charge in [0.15, 0.2) is 0 Å². The molecular formula is C16H26N4O2S. The van der Waals surface area contributed by atoms with Gasteiger partial charge in [0, 0.05) is 30.9 Å². The lowest BCUT2D eigenvalue weighted by atomic mass is 10.0. The molecule has 1 saturated heterocycles. The molecule has 6 nitrogen and oxygen atoms in total. The number of likely N-dealkylation sites (tertiary alicyclic amines) is 1. The summed E-state index contributed by atoms with van der Waals surface area (Å²) in [4.78, 5) is 30.6. The van der Waals surface area contributed by atoms with Gasteiger partial charge in [-0.3, -0.25) is 4.79 Å². The van der Waals surface area contributed by atoms with Crippen molar-refractivity contribution in [1.82, 2.24) is 20.5 Å². The summed E-state index contributed by atoms with van der Waals surface area (Å²) in [6.45, 7) is 7.07. The molecule has 0 bridgehead atoms. The molecule has 3 amide bonds. The molecule has 7 heteroatoms. The van der Waals surface area contributed by atoms with Crippen molar-refractivity contribution < 1.29 is 9.59 Å². The van der Waals surface area contributed by atoms with E-state index in [1.807, 2.05) is 17.2 Å². The first-order valence-corrected chi connectivity index (χ1v) is 9.11. The number of amides is 3. The number of nitrogens with one attached hydrogen (secondary N) is 2. The third-order valence-electron chi connectivity index (χ3n) is 4.14. The van der Waals surface area contributed by atoms with Crippen molar-refractivity contribution in [3.05, 3.63) is 16.1 Å². The Balaban J connectivity index is 1.72. The van der Waals surface area contributed by atoms with E-state index in [-0.39, 0.29) is 18.0 Å². The van der Waals surface area contributed by atoms with Gasteiger partial charge in [-0.1, -0.05) is 0 Å². The highest BCUT2D eigenvalue weighted by atomic mass is 32.1. The lowest BCUT2D eigenvalue weighted by Gasteiger charge is -2.35. The highest BCUT2D eigenvalue weighted by Gasteiger charge is 2.27. The fraction of sp³-hybridized carbons (Fsp3) is 0.688. The lowest BCUT2D eigenvalue weighted by molar-refractivity contribution is -0.136. The molecule has 0 radical (unpaired) electrons. The second-order valence-electron chi connectivity index (χ2n) is 6.11. The van der Waals surface area contributed by atoms with Crippen molar-refractivity contribution >= 4 is 23.3 Å². The molecular weight excluding hydrogens is 312 g/mol. The maximum atomic E-state index is 12.4. The number of hydrogen-bond acceptors (Lipinski definition) is 4. The summed E-state index contributed by atoms with van der Waals surface area (Å²) >= 11 is 1.60.